The number of aromatic amines is 1. The van der Waals surface area contributed by atoms with Crippen molar-refractivity contribution in [1.82, 2.24) is 9.97 Å². The normalized spacial score (nSPS) is 19.5. The highest BCUT2D eigenvalue weighted by molar-refractivity contribution is 5.55. The van der Waals surface area contributed by atoms with Crippen molar-refractivity contribution in [3.05, 3.63) is 102 Å². The molecule has 0 fully saturated rings. The first-order valence-electron chi connectivity index (χ1n) is 8.35. The zero-order valence-electron chi connectivity index (χ0n) is 13.5. The maximum atomic E-state index is 4.63. The highest BCUT2D eigenvalue weighted by atomic mass is 14.9. The maximum Gasteiger partial charge on any atom is 0.137 e. The van der Waals surface area contributed by atoms with E-state index in [-0.39, 0.29) is 5.41 Å². The van der Waals surface area contributed by atoms with Crippen LogP contribution in [0.5, 0.6) is 0 Å². The highest BCUT2D eigenvalue weighted by Gasteiger charge is 2.31. The number of rotatable bonds is 4. The van der Waals surface area contributed by atoms with Crippen molar-refractivity contribution in [2.75, 3.05) is 0 Å². The monoisotopic (exact) mass is 312 g/mol. The number of allylic oxidation sites excluding steroid dienone is 4. The van der Waals surface area contributed by atoms with Gasteiger partial charge in [-0.05, 0) is 18.4 Å². The molecule has 0 radical (unpaired) electrons. The molecule has 1 N–H and O–H groups in total. The first kappa shape index (κ1) is 14.7. The number of nitrogens with zero attached hydrogens (tertiary/aromatic N) is 1. The number of imidazole rings is 1. The standard InChI is InChI=1S/C22H20N2/c1-4-10-18(11-5-1)16-22(14-8-3-9-15-22)20-17-23-21(24-20)19-12-6-2-7-13-19/h1-14,17H,15-16H2,(H,23,24). The van der Waals surface area contributed by atoms with E-state index in [1.807, 2.05) is 24.4 Å². The summed E-state index contributed by atoms with van der Waals surface area (Å²) in [6, 6.07) is 21.0. The predicted octanol–water partition coefficient (Wildman–Crippen LogP) is 5.07. The van der Waals surface area contributed by atoms with Gasteiger partial charge in [-0.1, -0.05) is 85.0 Å². The second-order valence-electron chi connectivity index (χ2n) is 6.32. The van der Waals surface area contributed by atoms with Gasteiger partial charge in [0.1, 0.15) is 5.82 Å². The third-order valence-electron chi connectivity index (χ3n) is 4.67. The van der Waals surface area contributed by atoms with Crippen LogP contribution in [0.1, 0.15) is 17.7 Å². The molecule has 0 bridgehead atoms. The summed E-state index contributed by atoms with van der Waals surface area (Å²) in [5.41, 5.74) is 3.57. The predicted molar refractivity (Wildman–Crippen MR) is 98.7 cm³/mol. The highest BCUT2D eigenvalue weighted by Crippen LogP contribution is 2.36. The SMILES string of the molecule is C1=CCC(Cc2ccccc2)(c2cnc(-c3ccccc3)[nH]2)C=C1. The Hall–Kier alpha value is -2.87. The number of aromatic nitrogens is 2. The largest absolute Gasteiger partial charge is 0.341 e. The zero-order valence-corrected chi connectivity index (χ0v) is 13.5. The van der Waals surface area contributed by atoms with Crippen molar-refractivity contribution in [2.24, 2.45) is 0 Å². The van der Waals surface area contributed by atoms with E-state index in [2.05, 4.69) is 76.7 Å². The van der Waals surface area contributed by atoms with E-state index in [9.17, 15) is 0 Å². The number of H-pyrrole nitrogens is 1. The summed E-state index contributed by atoms with van der Waals surface area (Å²) in [5.74, 6) is 0.931. The van der Waals surface area contributed by atoms with Gasteiger partial charge in [0.2, 0.25) is 0 Å². The Morgan fingerprint density at radius 1 is 0.917 bits per heavy atom. The summed E-state index contributed by atoms with van der Waals surface area (Å²) in [4.78, 5) is 8.20. The molecule has 1 aromatic heterocycles. The van der Waals surface area contributed by atoms with Crippen molar-refractivity contribution in [3.8, 4) is 11.4 Å². The second-order valence-corrected chi connectivity index (χ2v) is 6.32. The summed E-state index contributed by atoms with van der Waals surface area (Å²) in [6.07, 6.45) is 12.8. The summed E-state index contributed by atoms with van der Waals surface area (Å²) >= 11 is 0. The molecule has 24 heavy (non-hydrogen) atoms. The Labute approximate surface area is 142 Å². The van der Waals surface area contributed by atoms with E-state index >= 15 is 0 Å². The zero-order chi connectivity index (χ0) is 16.2. The number of benzene rings is 2. The Balaban J connectivity index is 1.71. The first-order chi connectivity index (χ1) is 11.9. The van der Waals surface area contributed by atoms with E-state index in [0.29, 0.717) is 0 Å². The molecule has 1 aliphatic rings. The summed E-state index contributed by atoms with van der Waals surface area (Å²) in [5, 5.41) is 0. The lowest BCUT2D eigenvalue weighted by Gasteiger charge is -2.30. The minimum Gasteiger partial charge on any atom is -0.341 e. The fourth-order valence-electron chi connectivity index (χ4n) is 3.37. The molecule has 2 aromatic carbocycles. The molecule has 2 nitrogen and oxygen atoms in total. The van der Waals surface area contributed by atoms with E-state index < -0.39 is 0 Å². The van der Waals surface area contributed by atoms with Crippen molar-refractivity contribution < 1.29 is 0 Å². The Bertz CT molecular complexity index is 859. The smallest absolute Gasteiger partial charge is 0.137 e. The maximum absolute atomic E-state index is 4.63. The van der Waals surface area contributed by atoms with Crippen LogP contribution in [0.15, 0.2) is 91.2 Å². The van der Waals surface area contributed by atoms with Crippen LogP contribution in [0.2, 0.25) is 0 Å². The third-order valence-corrected chi connectivity index (χ3v) is 4.67. The van der Waals surface area contributed by atoms with Gasteiger partial charge < -0.3 is 4.98 Å². The van der Waals surface area contributed by atoms with E-state index in [1.165, 1.54) is 11.3 Å². The summed E-state index contributed by atoms with van der Waals surface area (Å²) in [6.45, 7) is 0. The molecule has 1 aliphatic carbocycles. The molecule has 0 saturated carbocycles. The molecule has 2 heteroatoms. The van der Waals surface area contributed by atoms with Gasteiger partial charge in [0.15, 0.2) is 0 Å². The first-order valence-corrected chi connectivity index (χ1v) is 8.35. The van der Waals surface area contributed by atoms with Crippen LogP contribution in [-0.2, 0) is 11.8 Å². The van der Waals surface area contributed by atoms with E-state index in [0.717, 1.165) is 24.2 Å². The average molecular weight is 312 g/mol. The fraction of sp³-hybridized carbons (Fsp3) is 0.136. The lowest BCUT2D eigenvalue weighted by Crippen LogP contribution is -2.27. The third kappa shape index (κ3) is 2.83. The minimum absolute atomic E-state index is 0.0594. The summed E-state index contributed by atoms with van der Waals surface area (Å²) < 4.78 is 0. The molecule has 1 atom stereocenters. The Morgan fingerprint density at radius 2 is 1.67 bits per heavy atom. The van der Waals surface area contributed by atoms with Gasteiger partial charge in [0, 0.05) is 22.9 Å². The van der Waals surface area contributed by atoms with Crippen molar-refractivity contribution in [1.29, 1.82) is 0 Å². The van der Waals surface area contributed by atoms with Crippen LogP contribution >= 0.6 is 0 Å². The number of nitrogens with one attached hydrogen (secondary N) is 1. The molecule has 118 valence electrons. The van der Waals surface area contributed by atoms with Crippen LogP contribution in [0, 0.1) is 0 Å². The molecule has 3 aromatic rings. The Morgan fingerprint density at radius 3 is 2.38 bits per heavy atom. The number of hydrogen-bond acceptors (Lipinski definition) is 1. The quantitative estimate of drug-likeness (QED) is 0.715. The molecule has 0 aliphatic heterocycles. The van der Waals surface area contributed by atoms with Crippen LogP contribution in [0.25, 0.3) is 11.4 Å². The summed E-state index contributed by atoms with van der Waals surface area (Å²) in [7, 11) is 0. The van der Waals surface area contributed by atoms with Crippen molar-refractivity contribution in [2.45, 2.75) is 18.3 Å². The van der Waals surface area contributed by atoms with Gasteiger partial charge in [0.05, 0.1) is 0 Å². The number of hydrogen-bond donors (Lipinski definition) is 1. The fourth-order valence-corrected chi connectivity index (χ4v) is 3.37. The molecule has 1 unspecified atom stereocenters. The van der Waals surface area contributed by atoms with E-state index in [4.69, 9.17) is 0 Å². The topological polar surface area (TPSA) is 28.7 Å². The van der Waals surface area contributed by atoms with Gasteiger partial charge >= 0.3 is 0 Å². The second kappa shape index (κ2) is 6.32. The molecule has 0 amide bonds. The molecule has 4 rings (SSSR count). The van der Waals surface area contributed by atoms with Gasteiger partial charge in [-0.15, -0.1) is 0 Å². The Kier molecular flexibility index (Phi) is 3.87. The van der Waals surface area contributed by atoms with Gasteiger partial charge in [-0.3, -0.25) is 0 Å². The van der Waals surface area contributed by atoms with Crippen molar-refractivity contribution in [3.63, 3.8) is 0 Å². The van der Waals surface area contributed by atoms with Gasteiger partial charge in [-0.2, -0.15) is 0 Å². The molecule has 1 heterocycles. The minimum atomic E-state index is -0.0594. The van der Waals surface area contributed by atoms with Crippen molar-refractivity contribution >= 4 is 0 Å². The molecular formula is C22H20N2. The van der Waals surface area contributed by atoms with Crippen LogP contribution < -0.4 is 0 Å². The van der Waals surface area contributed by atoms with Crippen LogP contribution in [-0.4, -0.2) is 9.97 Å². The lowest BCUT2D eigenvalue weighted by atomic mass is 9.74. The van der Waals surface area contributed by atoms with E-state index in [1.54, 1.807) is 0 Å². The lowest BCUT2D eigenvalue weighted by molar-refractivity contribution is 0.520. The van der Waals surface area contributed by atoms with Gasteiger partial charge in [-0.25, -0.2) is 4.98 Å². The molecule has 0 spiro atoms. The van der Waals surface area contributed by atoms with Crippen LogP contribution in [0.4, 0.5) is 0 Å². The molecule has 0 saturated heterocycles. The molecular weight excluding hydrogens is 292 g/mol. The average Bonchev–Trinajstić information content (AvgIpc) is 3.15. The van der Waals surface area contributed by atoms with Crippen LogP contribution in [0.3, 0.4) is 0 Å². The van der Waals surface area contributed by atoms with Gasteiger partial charge in [0.25, 0.3) is 0 Å².